The molecule has 2 aromatic heterocycles. The van der Waals surface area contributed by atoms with E-state index in [9.17, 15) is 13.6 Å². The molecule has 154 valence electrons. The predicted molar refractivity (Wildman–Crippen MR) is 104 cm³/mol. The largest absolute Gasteiger partial charge is 0.380 e. The van der Waals surface area contributed by atoms with Gasteiger partial charge in [0, 0.05) is 25.6 Å². The van der Waals surface area contributed by atoms with Crippen LogP contribution in [0.15, 0.2) is 36.5 Å². The monoisotopic (exact) mass is 411 g/mol. The van der Waals surface area contributed by atoms with E-state index in [4.69, 9.17) is 4.74 Å². The second-order valence-corrected chi connectivity index (χ2v) is 7.93. The highest BCUT2D eigenvalue weighted by molar-refractivity contribution is 5.93. The maximum Gasteiger partial charge on any atom is 0.183 e. The molecule has 7 nitrogen and oxygen atoms in total. The Bertz CT molecular complexity index is 1130. The van der Waals surface area contributed by atoms with Crippen LogP contribution in [0.5, 0.6) is 0 Å². The van der Waals surface area contributed by atoms with Crippen molar-refractivity contribution in [3.8, 4) is 11.5 Å². The van der Waals surface area contributed by atoms with Crippen LogP contribution >= 0.6 is 0 Å². The standard InChI is InChI=1S/C21H19F2N5O2/c1-13(29)18-6-17(26-28(18)8-14-4-2-3-5-15(14)22)19-24-7-16(23)20(25-19)27-9-21(10-27)11-30-12-21/h2-7H,8-12H2,1H3. The van der Waals surface area contributed by atoms with Gasteiger partial charge in [0.15, 0.2) is 23.2 Å². The zero-order chi connectivity index (χ0) is 20.9. The first-order valence-electron chi connectivity index (χ1n) is 9.62. The molecule has 5 rings (SSSR count). The molecule has 0 radical (unpaired) electrons. The van der Waals surface area contributed by atoms with Crippen molar-refractivity contribution < 1.29 is 18.3 Å². The van der Waals surface area contributed by atoms with Gasteiger partial charge < -0.3 is 9.64 Å². The number of Topliss-reactive ketones (excluding diaryl/α,β-unsaturated/α-hetero) is 1. The minimum absolute atomic E-state index is 0.0876. The third-order valence-corrected chi connectivity index (χ3v) is 5.54. The van der Waals surface area contributed by atoms with Crippen molar-refractivity contribution in [1.82, 2.24) is 19.7 Å². The normalized spacial score (nSPS) is 17.0. The molecule has 3 aromatic rings. The summed E-state index contributed by atoms with van der Waals surface area (Å²) < 4.78 is 35.1. The Morgan fingerprint density at radius 3 is 2.63 bits per heavy atom. The fraction of sp³-hybridized carbons (Fsp3) is 0.333. The van der Waals surface area contributed by atoms with Crippen LogP contribution in [0.3, 0.4) is 0 Å². The molecule has 2 aliphatic heterocycles. The number of halogens is 2. The Kier molecular flexibility index (Phi) is 4.35. The van der Waals surface area contributed by atoms with Crippen molar-refractivity contribution in [3.05, 3.63) is 59.4 Å². The Morgan fingerprint density at radius 2 is 1.97 bits per heavy atom. The van der Waals surface area contributed by atoms with E-state index in [1.165, 1.54) is 17.7 Å². The molecule has 0 amide bonds. The van der Waals surface area contributed by atoms with Gasteiger partial charge in [0.25, 0.3) is 0 Å². The number of nitrogens with zero attached hydrogens (tertiary/aromatic N) is 5. The number of benzene rings is 1. The molecule has 0 atom stereocenters. The molecule has 0 bridgehead atoms. The van der Waals surface area contributed by atoms with E-state index >= 15 is 0 Å². The first-order valence-corrected chi connectivity index (χ1v) is 9.62. The topological polar surface area (TPSA) is 73.1 Å². The number of ether oxygens (including phenoxy) is 1. The minimum atomic E-state index is -0.508. The van der Waals surface area contributed by atoms with Crippen molar-refractivity contribution >= 4 is 11.6 Å². The van der Waals surface area contributed by atoms with E-state index in [1.807, 2.05) is 4.90 Å². The van der Waals surface area contributed by atoms with Crippen LogP contribution < -0.4 is 4.90 Å². The second-order valence-electron chi connectivity index (χ2n) is 7.93. The summed E-state index contributed by atoms with van der Waals surface area (Å²) in [5, 5.41) is 4.41. The van der Waals surface area contributed by atoms with E-state index in [-0.39, 0.29) is 35.2 Å². The summed E-state index contributed by atoms with van der Waals surface area (Å²) in [5.41, 5.74) is 1.15. The third-order valence-electron chi connectivity index (χ3n) is 5.54. The molecule has 1 spiro atoms. The van der Waals surface area contributed by atoms with Crippen LogP contribution in [0.1, 0.15) is 23.0 Å². The van der Waals surface area contributed by atoms with Crippen molar-refractivity contribution in [3.63, 3.8) is 0 Å². The van der Waals surface area contributed by atoms with E-state index < -0.39 is 5.82 Å². The lowest BCUT2D eigenvalue weighted by Crippen LogP contribution is -2.66. The summed E-state index contributed by atoms with van der Waals surface area (Å²) in [4.78, 5) is 22.4. The fourth-order valence-corrected chi connectivity index (χ4v) is 3.91. The Balaban J connectivity index is 1.46. The molecular formula is C21H19F2N5O2. The van der Waals surface area contributed by atoms with Crippen LogP contribution in [0.4, 0.5) is 14.6 Å². The van der Waals surface area contributed by atoms with Crippen molar-refractivity contribution in [2.75, 3.05) is 31.2 Å². The van der Waals surface area contributed by atoms with Crippen LogP contribution in [0.2, 0.25) is 0 Å². The minimum Gasteiger partial charge on any atom is -0.380 e. The van der Waals surface area contributed by atoms with E-state index in [0.29, 0.717) is 43.3 Å². The number of hydrogen-bond donors (Lipinski definition) is 0. The van der Waals surface area contributed by atoms with E-state index in [1.54, 1.807) is 24.3 Å². The number of ketones is 1. The molecular weight excluding hydrogens is 392 g/mol. The number of aromatic nitrogens is 4. The molecule has 9 heteroatoms. The summed E-state index contributed by atoms with van der Waals surface area (Å²) in [6, 6.07) is 7.87. The lowest BCUT2D eigenvalue weighted by atomic mass is 9.78. The molecule has 2 saturated heterocycles. The van der Waals surface area contributed by atoms with E-state index in [0.717, 1.165) is 6.20 Å². The number of carbonyl (C=O) groups is 1. The molecule has 0 aliphatic carbocycles. The quantitative estimate of drug-likeness (QED) is 0.601. The predicted octanol–water partition coefficient (Wildman–Crippen LogP) is 2.71. The van der Waals surface area contributed by atoms with E-state index in [2.05, 4.69) is 15.1 Å². The average molecular weight is 411 g/mol. The maximum atomic E-state index is 14.4. The summed E-state index contributed by atoms with van der Waals surface area (Å²) in [7, 11) is 0. The summed E-state index contributed by atoms with van der Waals surface area (Å²) in [6.45, 7) is 4.23. The highest BCUT2D eigenvalue weighted by Gasteiger charge is 2.50. The zero-order valence-corrected chi connectivity index (χ0v) is 16.3. The van der Waals surface area contributed by atoms with Gasteiger partial charge in [0.1, 0.15) is 17.2 Å². The molecule has 4 heterocycles. The van der Waals surface area contributed by atoms with Gasteiger partial charge in [-0.3, -0.25) is 9.48 Å². The Hall–Kier alpha value is -3.20. The van der Waals surface area contributed by atoms with Crippen molar-refractivity contribution in [1.29, 1.82) is 0 Å². The van der Waals surface area contributed by atoms with Crippen LogP contribution in [-0.4, -0.2) is 51.8 Å². The first kappa shape index (κ1) is 18.8. The van der Waals surface area contributed by atoms with Crippen LogP contribution in [0.25, 0.3) is 11.5 Å². The summed E-state index contributed by atoms with van der Waals surface area (Å²) >= 11 is 0. The van der Waals surface area contributed by atoms with Gasteiger partial charge in [-0.15, -0.1) is 0 Å². The summed E-state index contributed by atoms with van der Waals surface area (Å²) in [5.74, 6) is -0.679. The number of hydrogen-bond acceptors (Lipinski definition) is 6. The molecule has 0 N–H and O–H groups in total. The zero-order valence-electron chi connectivity index (χ0n) is 16.3. The summed E-state index contributed by atoms with van der Waals surface area (Å²) in [6.07, 6.45) is 1.11. The van der Waals surface area contributed by atoms with Crippen LogP contribution in [-0.2, 0) is 11.3 Å². The lowest BCUT2D eigenvalue weighted by molar-refractivity contribution is -0.127. The fourth-order valence-electron chi connectivity index (χ4n) is 3.91. The van der Waals surface area contributed by atoms with Gasteiger partial charge in [0.05, 0.1) is 31.4 Å². The van der Waals surface area contributed by atoms with Gasteiger partial charge >= 0.3 is 0 Å². The lowest BCUT2D eigenvalue weighted by Gasteiger charge is -2.55. The second kappa shape index (κ2) is 6.94. The average Bonchev–Trinajstić information content (AvgIpc) is 3.07. The molecule has 2 aliphatic rings. The van der Waals surface area contributed by atoms with Crippen molar-refractivity contribution in [2.45, 2.75) is 13.5 Å². The molecule has 0 saturated carbocycles. The highest BCUT2D eigenvalue weighted by atomic mass is 19.1. The Labute approximate surface area is 171 Å². The van der Waals surface area contributed by atoms with Gasteiger partial charge in [-0.2, -0.15) is 5.10 Å². The molecule has 0 unspecified atom stereocenters. The van der Waals surface area contributed by atoms with Gasteiger partial charge in [-0.25, -0.2) is 18.7 Å². The first-order chi connectivity index (χ1) is 14.4. The third kappa shape index (κ3) is 3.15. The number of rotatable bonds is 5. The number of anilines is 1. The number of carbonyl (C=O) groups excluding carboxylic acids is 1. The Morgan fingerprint density at radius 1 is 1.20 bits per heavy atom. The maximum absolute atomic E-state index is 14.4. The molecule has 2 fully saturated rings. The van der Waals surface area contributed by atoms with Gasteiger partial charge in [-0.1, -0.05) is 18.2 Å². The smallest absolute Gasteiger partial charge is 0.183 e. The molecule has 30 heavy (non-hydrogen) atoms. The van der Waals surface area contributed by atoms with Gasteiger partial charge in [-0.05, 0) is 12.1 Å². The van der Waals surface area contributed by atoms with Crippen molar-refractivity contribution in [2.24, 2.45) is 5.41 Å². The SMILES string of the molecule is CC(=O)c1cc(-c2ncc(F)c(N3CC4(COC4)C3)n2)nn1Cc1ccccc1F. The molecule has 1 aromatic carbocycles. The van der Waals surface area contributed by atoms with Crippen LogP contribution in [0, 0.1) is 17.0 Å². The van der Waals surface area contributed by atoms with Gasteiger partial charge in [0.2, 0.25) is 0 Å². The highest BCUT2D eigenvalue weighted by Crippen LogP contribution is 2.40.